The number of carbonyl (C=O) groups is 1. The Bertz CT molecular complexity index is 336. The van der Waals surface area contributed by atoms with Gasteiger partial charge in [0, 0.05) is 25.6 Å². The molecular formula is C15H27N3O2. The van der Waals surface area contributed by atoms with Gasteiger partial charge in [-0.15, -0.1) is 0 Å². The average Bonchev–Trinajstić information content (AvgIpc) is 2.34. The van der Waals surface area contributed by atoms with Crippen LogP contribution in [0.1, 0.15) is 52.9 Å². The van der Waals surface area contributed by atoms with E-state index >= 15 is 0 Å². The lowest BCUT2D eigenvalue weighted by Gasteiger charge is -2.32. The summed E-state index contributed by atoms with van der Waals surface area (Å²) >= 11 is 0. The molecule has 1 aliphatic heterocycles. The summed E-state index contributed by atoms with van der Waals surface area (Å²) in [6.45, 7) is 8.68. The van der Waals surface area contributed by atoms with Crippen LogP contribution in [0.3, 0.4) is 0 Å². The first-order chi connectivity index (χ1) is 9.40. The molecule has 20 heavy (non-hydrogen) atoms. The van der Waals surface area contributed by atoms with E-state index in [0.29, 0.717) is 6.42 Å². The van der Waals surface area contributed by atoms with E-state index in [1.165, 1.54) is 0 Å². The number of unbranched alkanes of at least 4 members (excludes halogenated alkanes) is 2. The summed E-state index contributed by atoms with van der Waals surface area (Å²) in [7, 11) is 0. The fourth-order valence-corrected chi connectivity index (χ4v) is 2.31. The molecule has 0 unspecified atom stereocenters. The number of rotatable bonds is 5. The van der Waals surface area contributed by atoms with E-state index in [-0.39, 0.29) is 12.1 Å². The second-order valence-electron chi connectivity index (χ2n) is 6.38. The van der Waals surface area contributed by atoms with Gasteiger partial charge in [0.15, 0.2) is 0 Å². The highest BCUT2D eigenvalue weighted by Gasteiger charge is 2.23. The van der Waals surface area contributed by atoms with E-state index in [0.717, 1.165) is 45.3 Å². The van der Waals surface area contributed by atoms with Gasteiger partial charge in [0.05, 0.1) is 6.07 Å². The topological polar surface area (TPSA) is 65.4 Å². The molecule has 0 aliphatic carbocycles. The summed E-state index contributed by atoms with van der Waals surface area (Å²) in [6, 6.07) is 2.40. The summed E-state index contributed by atoms with van der Waals surface area (Å²) in [5.41, 5.74) is -0.439. The van der Waals surface area contributed by atoms with Crippen LogP contribution in [-0.2, 0) is 4.74 Å². The van der Waals surface area contributed by atoms with Crippen molar-refractivity contribution in [3.8, 4) is 6.07 Å². The number of hydrogen-bond acceptors (Lipinski definition) is 4. The summed E-state index contributed by atoms with van der Waals surface area (Å²) in [4.78, 5) is 14.1. The molecule has 0 atom stereocenters. The zero-order chi connectivity index (χ0) is 15.0. The summed E-state index contributed by atoms with van der Waals surface area (Å²) in [6.07, 6.45) is 4.33. The smallest absolute Gasteiger partial charge is 0.407 e. The minimum absolute atomic E-state index is 0.222. The Hall–Kier alpha value is -1.28. The molecule has 0 aromatic carbocycles. The molecule has 1 rings (SSSR count). The molecule has 1 amide bonds. The molecule has 1 saturated heterocycles. The number of nitriles is 1. The van der Waals surface area contributed by atoms with Crippen molar-refractivity contribution in [3.63, 3.8) is 0 Å². The van der Waals surface area contributed by atoms with Gasteiger partial charge < -0.3 is 15.0 Å². The fraction of sp³-hybridized carbons (Fsp3) is 0.867. The number of amides is 1. The second kappa shape index (κ2) is 8.11. The maximum Gasteiger partial charge on any atom is 0.407 e. The number of carbonyl (C=O) groups excluding carboxylic acids is 1. The highest BCUT2D eigenvalue weighted by Crippen LogP contribution is 2.13. The molecule has 1 heterocycles. The Balaban J connectivity index is 2.16. The standard InChI is InChI=1S/C15H27N3O2/c1-15(2,3)20-14(19)17-13-7-11-18(12-8-13)10-6-4-5-9-16/h13H,4-8,10-12H2,1-3H3,(H,17,19). The Kier molecular flexibility index (Phi) is 6.80. The number of nitrogens with zero attached hydrogens (tertiary/aromatic N) is 2. The molecule has 0 bridgehead atoms. The first-order valence-corrected chi connectivity index (χ1v) is 7.49. The normalized spacial score (nSPS) is 17.5. The number of alkyl carbamates (subject to hydrolysis) is 1. The molecule has 1 aliphatic rings. The van der Waals surface area contributed by atoms with Crippen LogP contribution in [-0.4, -0.2) is 42.3 Å². The Labute approximate surface area is 122 Å². The van der Waals surface area contributed by atoms with Crippen molar-refractivity contribution >= 4 is 6.09 Å². The third kappa shape index (κ3) is 7.34. The molecule has 1 fully saturated rings. The number of hydrogen-bond donors (Lipinski definition) is 1. The zero-order valence-electron chi connectivity index (χ0n) is 12.9. The van der Waals surface area contributed by atoms with Crippen LogP contribution in [0, 0.1) is 11.3 Å². The van der Waals surface area contributed by atoms with Crippen molar-refractivity contribution in [2.45, 2.75) is 64.5 Å². The lowest BCUT2D eigenvalue weighted by atomic mass is 10.0. The van der Waals surface area contributed by atoms with Gasteiger partial charge in [-0.2, -0.15) is 5.26 Å². The Morgan fingerprint density at radius 1 is 1.35 bits per heavy atom. The molecular weight excluding hydrogens is 254 g/mol. The predicted molar refractivity (Wildman–Crippen MR) is 78.3 cm³/mol. The van der Waals surface area contributed by atoms with Crippen LogP contribution in [0.25, 0.3) is 0 Å². The summed E-state index contributed by atoms with van der Waals surface area (Å²) < 4.78 is 5.26. The first kappa shape index (κ1) is 16.8. The van der Waals surface area contributed by atoms with Crippen molar-refractivity contribution in [1.82, 2.24) is 10.2 Å². The van der Waals surface area contributed by atoms with Crippen molar-refractivity contribution in [3.05, 3.63) is 0 Å². The van der Waals surface area contributed by atoms with Gasteiger partial charge >= 0.3 is 6.09 Å². The molecule has 5 heteroatoms. The molecule has 0 aromatic rings. The number of piperidine rings is 1. The molecule has 0 aromatic heterocycles. The predicted octanol–water partition coefficient (Wildman–Crippen LogP) is 2.67. The lowest BCUT2D eigenvalue weighted by Crippen LogP contribution is -2.46. The highest BCUT2D eigenvalue weighted by atomic mass is 16.6. The van der Waals surface area contributed by atoms with Gasteiger partial charge in [-0.1, -0.05) is 0 Å². The average molecular weight is 281 g/mol. The lowest BCUT2D eigenvalue weighted by molar-refractivity contribution is 0.0479. The van der Waals surface area contributed by atoms with Crippen molar-refractivity contribution in [2.75, 3.05) is 19.6 Å². The fourth-order valence-electron chi connectivity index (χ4n) is 2.31. The van der Waals surface area contributed by atoms with E-state index < -0.39 is 5.60 Å². The molecule has 0 radical (unpaired) electrons. The van der Waals surface area contributed by atoms with Crippen molar-refractivity contribution in [1.29, 1.82) is 5.26 Å². The van der Waals surface area contributed by atoms with E-state index in [1.807, 2.05) is 20.8 Å². The monoisotopic (exact) mass is 281 g/mol. The molecule has 1 N–H and O–H groups in total. The van der Waals surface area contributed by atoms with Gasteiger partial charge in [-0.05, 0) is 53.0 Å². The van der Waals surface area contributed by atoms with Gasteiger partial charge in [0.1, 0.15) is 5.60 Å². The molecule has 0 saturated carbocycles. The van der Waals surface area contributed by atoms with Crippen LogP contribution < -0.4 is 5.32 Å². The Morgan fingerprint density at radius 3 is 2.55 bits per heavy atom. The number of ether oxygens (including phenoxy) is 1. The molecule has 5 nitrogen and oxygen atoms in total. The van der Waals surface area contributed by atoms with E-state index in [4.69, 9.17) is 10.00 Å². The SMILES string of the molecule is CC(C)(C)OC(=O)NC1CCN(CCCCC#N)CC1. The van der Waals surface area contributed by atoms with Crippen molar-refractivity contribution < 1.29 is 9.53 Å². The largest absolute Gasteiger partial charge is 0.444 e. The first-order valence-electron chi connectivity index (χ1n) is 7.49. The minimum atomic E-state index is -0.439. The zero-order valence-corrected chi connectivity index (χ0v) is 12.9. The Morgan fingerprint density at radius 2 is 2.00 bits per heavy atom. The maximum absolute atomic E-state index is 11.7. The van der Waals surface area contributed by atoms with E-state index in [2.05, 4.69) is 16.3 Å². The van der Waals surface area contributed by atoms with Gasteiger partial charge in [-0.3, -0.25) is 0 Å². The molecule has 0 spiro atoms. The highest BCUT2D eigenvalue weighted by molar-refractivity contribution is 5.68. The van der Waals surface area contributed by atoms with Crippen LogP contribution >= 0.6 is 0 Å². The van der Waals surface area contributed by atoms with E-state index in [1.54, 1.807) is 0 Å². The van der Waals surface area contributed by atoms with Gasteiger partial charge in [0.25, 0.3) is 0 Å². The number of nitrogens with one attached hydrogen (secondary N) is 1. The minimum Gasteiger partial charge on any atom is -0.444 e. The van der Waals surface area contributed by atoms with Crippen LogP contribution in [0.2, 0.25) is 0 Å². The van der Waals surface area contributed by atoms with Gasteiger partial charge in [0.2, 0.25) is 0 Å². The van der Waals surface area contributed by atoms with E-state index in [9.17, 15) is 4.79 Å². The maximum atomic E-state index is 11.7. The van der Waals surface area contributed by atoms with Gasteiger partial charge in [-0.25, -0.2) is 4.79 Å². The third-order valence-corrected chi connectivity index (χ3v) is 3.32. The quantitative estimate of drug-likeness (QED) is 0.787. The van der Waals surface area contributed by atoms with Crippen LogP contribution in [0.5, 0.6) is 0 Å². The van der Waals surface area contributed by atoms with Crippen LogP contribution in [0.4, 0.5) is 4.79 Å². The number of likely N-dealkylation sites (tertiary alicyclic amines) is 1. The second-order valence-corrected chi connectivity index (χ2v) is 6.38. The van der Waals surface area contributed by atoms with Crippen LogP contribution in [0.15, 0.2) is 0 Å². The molecule has 114 valence electrons. The summed E-state index contributed by atoms with van der Waals surface area (Å²) in [5.74, 6) is 0. The summed E-state index contributed by atoms with van der Waals surface area (Å²) in [5, 5.41) is 11.4. The third-order valence-electron chi connectivity index (χ3n) is 3.32. The van der Waals surface area contributed by atoms with Crippen molar-refractivity contribution in [2.24, 2.45) is 0 Å².